The maximum atomic E-state index is 10.4. The van der Waals surface area contributed by atoms with E-state index < -0.39 is 0 Å². The molecule has 2 rings (SSSR count). The molecule has 1 N–H and O–H groups in total. The third-order valence-electron chi connectivity index (χ3n) is 1.75. The molecule has 60 valence electrons. The molecule has 2 aromatic heterocycles. The summed E-state index contributed by atoms with van der Waals surface area (Å²) in [4.78, 5) is 14.4. The fourth-order valence-electron chi connectivity index (χ4n) is 1.10. The number of nitrogens with one attached hydrogen (secondary N) is 1. The van der Waals surface area contributed by atoms with Gasteiger partial charge in [0.25, 0.3) is 0 Å². The van der Waals surface area contributed by atoms with Gasteiger partial charge in [-0.3, -0.25) is 9.89 Å². The highest BCUT2D eigenvalue weighted by atomic mass is 16.1. The smallest absolute Gasteiger partial charge is 0.181 e. The van der Waals surface area contributed by atoms with Crippen molar-refractivity contribution in [3.63, 3.8) is 0 Å². The molecule has 2 aromatic rings. The molecule has 0 aromatic carbocycles. The summed E-state index contributed by atoms with van der Waals surface area (Å²) in [5.41, 5.74) is 1.97. The first-order chi connectivity index (χ1) is 5.81. The SMILES string of the molecule is Cc1[nH]nc2nc(C=O)ccc12. The number of carbonyl (C=O) groups excluding carboxylic acids is 1. The number of aromatic nitrogens is 3. The van der Waals surface area contributed by atoms with Crippen LogP contribution in [0.15, 0.2) is 12.1 Å². The first-order valence-corrected chi connectivity index (χ1v) is 3.58. The van der Waals surface area contributed by atoms with Crippen LogP contribution in [0.5, 0.6) is 0 Å². The van der Waals surface area contributed by atoms with Gasteiger partial charge in [-0.25, -0.2) is 4.98 Å². The van der Waals surface area contributed by atoms with Crippen LogP contribution in [0.3, 0.4) is 0 Å². The van der Waals surface area contributed by atoms with Gasteiger partial charge in [-0.15, -0.1) is 0 Å². The fraction of sp³-hybridized carbons (Fsp3) is 0.125. The van der Waals surface area contributed by atoms with Gasteiger partial charge in [0.15, 0.2) is 11.9 Å². The minimum Gasteiger partial charge on any atom is -0.296 e. The van der Waals surface area contributed by atoms with E-state index in [2.05, 4.69) is 15.2 Å². The number of carbonyl (C=O) groups is 1. The highest BCUT2D eigenvalue weighted by Gasteiger charge is 2.02. The molecule has 2 heterocycles. The zero-order chi connectivity index (χ0) is 8.55. The second kappa shape index (κ2) is 2.41. The van der Waals surface area contributed by atoms with Gasteiger partial charge in [0.2, 0.25) is 0 Å². The molecule has 0 bridgehead atoms. The van der Waals surface area contributed by atoms with Crippen LogP contribution < -0.4 is 0 Å². The van der Waals surface area contributed by atoms with Gasteiger partial charge in [-0.2, -0.15) is 5.10 Å². The Labute approximate surface area is 68.6 Å². The molecule has 4 nitrogen and oxygen atoms in total. The van der Waals surface area contributed by atoms with E-state index in [0.29, 0.717) is 17.6 Å². The maximum Gasteiger partial charge on any atom is 0.181 e. The van der Waals surface area contributed by atoms with Crippen LogP contribution in [0.4, 0.5) is 0 Å². The Balaban J connectivity index is 2.77. The molecule has 0 saturated heterocycles. The van der Waals surface area contributed by atoms with Gasteiger partial charge in [-0.05, 0) is 19.1 Å². The molecule has 0 radical (unpaired) electrons. The van der Waals surface area contributed by atoms with E-state index in [1.807, 2.05) is 13.0 Å². The van der Waals surface area contributed by atoms with E-state index in [1.165, 1.54) is 0 Å². The molecule has 0 spiro atoms. The van der Waals surface area contributed by atoms with Crippen molar-refractivity contribution in [3.8, 4) is 0 Å². The molecule has 0 amide bonds. The monoisotopic (exact) mass is 161 g/mol. The highest BCUT2D eigenvalue weighted by molar-refractivity contribution is 5.82. The van der Waals surface area contributed by atoms with Gasteiger partial charge < -0.3 is 0 Å². The maximum absolute atomic E-state index is 10.4. The summed E-state index contributed by atoms with van der Waals surface area (Å²) >= 11 is 0. The second-order valence-electron chi connectivity index (χ2n) is 2.57. The van der Waals surface area contributed by atoms with Gasteiger partial charge >= 0.3 is 0 Å². The number of nitrogens with zero attached hydrogens (tertiary/aromatic N) is 2. The molecule has 0 saturated carbocycles. The van der Waals surface area contributed by atoms with Crippen molar-refractivity contribution in [2.75, 3.05) is 0 Å². The van der Waals surface area contributed by atoms with E-state index in [-0.39, 0.29) is 0 Å². The standard InChI is InChI=1S/C8H7N3O/c1-5-7-3-2-6(4-12)9-8(7)11-10-5/h2-4H,1H3,(H,9,10,11). The number of aldehydes is 1. The first-order valence-electron chi connectivity index (χ1n) is 3.58. The number of fused-ring (bicyclic) bond motifs is 1. The summed E-state index contributed by atoms with van der Waals surface area (Å²) in [6.45, 7) is 1.91. The Bertz CT molecular complexity index is 433. The number of hydrogen-bond donors (Lipinski definition) is 1. The van der Waals surface area contributed by atoms with Crippen molar-refractivity contribution in [1.82, 2.24) is 15.2 Å². The summed E-state index contributed by atoms with van der Waals surface area (Å²) in [5, 5.41) is 7.69. The molecule has 0 unspecified atom stereocenters. The molecule has 4 heteroatoms. The molecule has 0 aliphatic heterocycles. The lowest BCUT2D eigenvalue weighted by Crippen LogP contribution is -1.85. The Morgan fingerprint density at radius 2 is 2.33 bits per heavy atom. The van der Waals surface area contributed by atoms with Crippen molar-refractivity contribution >= 4 is 17.3 Å². The fourth-order valence-corrected chi connectivity index (χ4v) is 1.10. The predicted octanol–water partition coefficient (Wildman–Crippen LogP) is 1.08. The number of hydrogen-bond acceptors (Lipinski definition) is 3. The zero-order valence-electron chi connectivity index (χ0n) is 6.53. The summed E-state index contributed by atoms with van der Waals surface area (Å²) in [6, 6.07) is 3.52. The third kappa shape index (κ3) is 0.887. The number of aromatic amines is 1. The lowest BCUT2D eigenvalue weighted by Gasteiger charge is -1.89. The van der Waals surface area contributed by atoms with E-state index in [4.69, 9.17) is 0 Å². The Morgan fingerprint density at radius 1 is 1.50 bits per heavy atom. The van der Waals surface area contributed by atoms with Crippen LogP contribution >= 0.6 is 0 Å². The van der Waals surface area contributed by atoms with Crippen molar-refractivity contribution < 1.29 is 4.79 Å². The van der Waals surface area contributed by atoms with Gasteiger partial charge in [0.05, 0.1) is 0 Å². The second-order valence-corrected chi connectivity index (χ2v) is 2.57. The summed E-state index contributed by atoms with van der Waals surface area (Å²) in [6.07, 6.45) is 0.712. The van der Waals surface area contributed by atoms with Crippen LogP contribution in [-0.2, 0) is 0 Å². The van der Waals surface area contributed by atoms with Crippen LogP contribution in [0.2, 0.25) is 0 Å². The van der Waals surface area contributed by atoms with Crippen molar-refractivity contribution in [1.29, 1.82) is 0 Å². The normalized spacial score (nSPS) is 10.4. The minimum absolute atomic E-state index is 0.411. The van der Waals surface area contributed by atoms with Gasteiger partial charge in [0, 0.05) is 11.1 Å². The van der Waals surface area contributed by atoms with E-state index in [9.17, 15) is 4.79 Å². The Morgan fingerprint density at radius 3 is 3.08 bits per heavy atom. The van der Waals surface area contributed by atoms with E-state index in [1.54, 1.807) is 6.07 Å². The van der Waals surface area contributed by atoms with Gasteiger partial charge in [-0.1, -0.05) is 0 Å². The van der Waals surface area contributed by atoms with Crippen molar-refractivity contribution in [2.24, 2.45) is 0 Å². The summed E-state index contributed by atoms with van der Waals surface area (Å²) in [7, 11) is 0. The van der Waals surface area contributed by atoms with E-state index >= 15 is 0 Å². The average Bonchev–Trinajstić information content (AvgIpc) is 2.47. The van der Waals surface area contributed by atoms with Gasteiger partial charge in [0.1, 0.15) is 5.69 Å². The Hall–Kier alpha value is -1.71. The zero-order valence-corrected chi connectivity index (χ0v) is 6.53. The summed E-state index contributed by atoms with van der Waals surface area (Å²) in [5.74, 6) is 0. The molecular formula is C8H7N3O. The molecule has 12 heavy (non-hydrogen) atoms. The predicted molar refractivity (Wildman–Crippen MR) is 44.0 cm³/mol. The van der Waals surface area contributed by atoms with Crippen LogP contribution in [0, 0.1) is 6.92 Å². The summed E-state index contributed by atoms with van der Waals surface area (Å²) < 4.78 is 0. The number of rotatable bonds is 1. The molecule has 0 atom stereocenters. The van der Waals surface area contributed by atoms with Crippen LogP contribution in [-0.4, -0.2) is 21.5 Å². The van der Waals surface area contributed by atoms with Crippen molar-refractivity contribution in [2.45, 2.75) is 6.92 Å². The molecule has 0 fully saturated rings. The number of pyridine rings is 1. The largest absolute Gasteiger partial charge is 0.296 e. The number of H-pyrrole nitrogens is 1. The minimum atomic E-state index is 0.411. The first kappa shape index (κ1) is 6.97. The Kier molecular flexibility index (Phi) is 1.40. The third-order valence-corrected chi connectivity index (χ3v) is 1.75. The quantitative estimate of drug-likeness (QED) is 0.636. The molecule has 0 aliphatic rings. The molecule has 0 aliphatic carbocycles. The lowest BCUT2D eigenvalue weighted by molar-refractivity contribution is 0.111. The van der Waals surface area contributed by atoms with Crippen LogP contribution in [0.25, 0.3) is 11.0 Å². The highest BCUT2D eigenvalue weighted by Crippen LogP contribution is 2.12. The van der Waals surface area contributed by atoms with Crippen molar-refractivity contribution in [3.05, 3.63) is 23.5 Å². The topological polar surface area (TPSA) is 58.6 Å². The lowest BCUT2D eigenvalue weighted by atomic mass is 10.2. The molecular weight excluding hydrogens is 154 g/mol. The average molecular weight is 161 g/mol. The number of aryl methyl sites for hydroxylation is 1. The van der Waals surface area contributed by atoms with Crippen LogP contribution in [0.1, 0.15) is 16.2 Å². The van der Waals surface area contributed by atoms with E-state index in [0.717, 1.165) is 11.1 Å².